The summed E-state index contributed by atoms with van der Waals surface area (Å²) in [6.45, 7) is 4.33. The van der Waals surface area contributed by atoms with Crippen LogP contribution in [0.2, 0.25) is 0 Å². The van der Waals surface area contributed by atoms with E-state index in [9.17, 15) is 0 Å². The van der Waals surface area contributed by atoms with Gasteiger partial charge in [-0.05, 0) is 66.9 Å². The second-order valence-corrected chi connectivity index (χ2v) is 13.0. The molecule has 0 fully saturated rings. The van der Waals surface area contributed by atoms with Gasteiger partial charge in [0, 0.05) is 42.2 Å². The van der Waals surface area contributed by atoms with Gasteiger partial charge in [0.15, 0.2) is 0 Å². The summed E-state index contributed by atoms with van der Waals surface area (Å²) >= 11 is 1.86. The summed E-state index contributed by atoms with van der Waals surface area (Å²) in [5, 5.41) is 8.80. The quantitative estimate of drug-likeness (QED) is 0.215. The monoisotopic (exact) mass is 583 g/mol. The molecule has 1 aliphatic heterocycles. The van der Waals surface area contributed by atoms with Crippen molar-refractivity contribution < 1.29 is 0 Å². The Kier molecular flexibility index (Phi) is 5.56. The molecule has 210 valence electrons. The van der Waals surface area contributed by atoms with E-state index in [0.29, 0.717) is 0 Å². The van der Waals surface area contributed by atoms with Crippen LogP contribution in [-0.4, -0.2) is 10.5 Å². The Labute approximate surface area is 259 Å². The molecule has 0 saturated carbocycles. The Morgan fingerprint density at radius 2 is 1.27 bits per heavy atom. The number of thiophene rings is 1. The summed E-state index contributed by atoms with van der Waals surface area (Å²) in [5.74, 6) is 0.843. The average molecular weight is 584 g/mol. The minimum atomic E-state index is -0.102. The number of aliphatic imine (C=N–C) groups is 1. The molecule has 2 aromatic heterocycles. The van der Waals surface area contributed by atoms with Crippen molar-refractivity contribution in [3.05, 3.63) is 150 Å². The predicted molar refractivity (Wildman–Crippen MR) is 188 cm³/mol. The summed E-state index contributed by atoms with van der Waals surface area (Å²) in [7, 11) is 0. The molecule has 1 atom stereocenters. The van der Waals surface area contributed by atoms with E-state index in [0.717, 1.165) is 22.7 Å². The van der Waals surface area contributed by atoms with E-state index in [1.54, 1.807) is 0 Å². The highest BCUT2D eigenvalue weighted by atomic mass is 32.1. The molecule has 3 nitrogen and oxygen atoms in total. The predicted octanol–water partition coefficient (Wildman–Crippen LogP) is 10.9. The Morgan fingerprint density at radius 1 is 0.591 bits per heavy atom. The number of benzene rings is 6. The van der Waals surface area contributed by atoms with Crippen LogP contribution in [0.25, 0.3) is 53.1 Å². The highest BCUT2D eigenvalue weighted by Gasteiger charge is 2.26. The number of rotatable bonds is 2. The zero-order chi connectivity index (χ0) is 29.4. The first-order valence-electron chi connectivity index (χ1n) is 15.1. The average Bonchev–Trinajstić information content (AvgIpc) is 3.58. The molecule has 8 aromatic rings. The fraction of sp³-hybridized carbons (Fsp3) is 0.0750. The number of hydrogen-bond acceptors (Lipinski definition) is 3. The number of aryl methyl sites for hydroxylation is 2. The maximum atomic E-state index is 5.46. The van der Waals surface area contributed by atoms with Crippen LogP contribution < -0.4 is 5.32 Å². The smallest absolute Gasteiger partial charge is 0.208 e. The maximum absolute atomic E-state index is 5.46. The van der Waals surface area contributed by atoms with Crippen LogP contribution in [0.3, 0.4) is 0 Å². The lowest BCUT2D eigenvalue weighted by Gasteiger charge is -2.27. The highest BCUT2D eigenvalue weighted by molar-refractivity contribution is 7.25. The third-order valence-electron chi connectivity index (χ3n) is 8.91. The molecule has 9 rings (SSSR count). The molecule has 0 aliphatic carbocycles. The summed E-state index contributed by atoms with van der Waals surface area (Å²) in [5.41, 5.74) is 10.7. The normalized spacial score (nSPS) is 14.7. The van der Waals surface area contributed by atoms with Gasteiger partial charge in [-0.25, -0.2) is 4.99 Å². The molecule has 44 heavy (non-hydrogen) atoms. The first-order chi connectivity index (χ1) is 21.6. The Morgan fingerprint density at radius 3 is 2.16 bits per heavy atom. The minimum Gasteiger partial charge on any atom is -0.325 e. The van der Waals surface area contributed by atoms with E-state index >= 15 is 0 Å². The molecule has 1 unspecified atom stereocenters. The summed E-state index contributed by atoms with van der Waals surface area (Å²) < 4.78 is 4.97. The van der Waals surface area contributed by atoms with Crippen molar-refractivity contribution in [3.63, 3.8) is 0 Å². The number of nitrogens with zero attached hydrogens (tertiary/aromatic N) is 2. The summed E-state index contributed by atoms with van der Waals surface area (Å²) in [4.78, 5) is 5.46. The van der Waals surface area contributed by atoms with Crippen molar-refractivity contribution in [3.8, 4) is 11.1 Å². The fourth-order valence-corrected chi connectivity index (χ4v) is 8.10. The fourth-order valence-electron chi connectivity index (χ4n) is 7.01. The van der Waals surface area contributed by atoms with Crippen molar-refractivity contribution in [2.75, 3.05) is 5.32 Å². The molecular formula is C40H29N3S. The minimum absolute atomic E-state index is 0.102. The van der Waals surface area contributed by atoms with Crippen molar-refractivity contribution in [2.24, 2.45) is 4.99 Å². The zero-order valence-corrected chi connectivity index (χ0v) is 25.3. The number of anilines is 1. The second kappa shape index (κ2) is 9.66. The Hall–Kier alpha value is -5.19. The molecule has 1 aliphatic rings. The molecule has 4 heteroatoms. The standard InChI is InChI=1S/C40H29N3S/c1-24-19-25(2)21-28(20-24)39-32-11-3-6-12-34(32)41-40(42-39)43-35-13-7-4-9-29(35)30-17-15-27(23-36(30)43)26-16-18-38-33(22-26)31-10-5-8-14-37(31)44-38/h3-23,39H,1-2H3,(H,41,42). The number of fused-ring (bicyclic) bond motifs is 7. The van der Waals surface area contributed by atoms with E-state index in [4.69, 9.17) is 4.99 Å². The number of nitrogens with one attached hydrogen (secondary N) is 1. The van der Waals surface area contributed by atoms with Crippen LogP contribution >= 0.6 is 11.3 Å². The Balaban J connectivity index is 1.27. The van der Waals surface area contributed by atoms with Gasteiger partial charge in [0.25, 0.3) is 0 Å². The SMILES string of the molecule is Cc1cc(C)cc(C2N=C(n3c4ccccc4c4ccc(-c5ccc6sc7ccccc7c6c5)cc43)Nc3ccccc32)c1. The van der Waals surface area contributed by atoms with Gasteiger partial charge in [-0.15, -0.1) is 11.3 Å². The zero-order valence-electron chi connectivity index (χ0n) is 24.5. The summed E-state index contributed by atoms with van der Waals surface area (Å²) in [6, 6.07) is 46.4. The first-order valence-corrected chi connectivity index (χ1v) is 15.9. The second-order valence-electron chi connectivity index (χ2n) is 11.9. The topological polar surface area (TPSA) is 29.3 Å². The molecule has 1 N–H and O–H groups in total. The van der Waals surface area contributed by atoms with Crippen LogP contribution in [0.4, 0.5) is 5.69 Å². The van der Waals surface area contributed by atoms with Crippen LogP contribution in [0.15, 0.2) is 132 Å². The van der Waals surface area contributed by atoms with Gasteiger partial charge in [-0.1, -0.05) is 102 Å². The molecule has 3 heterocycles. The molecule has 0 amide bonds. The van der Waals surface area contributed by atoms with Gasteiger partial charge < -0.3 is 5.32 Å². The van der Waals surface area contributed by atoms with E-state index < -0.39 is 0 Å². The van der Waals surface area contributed by atoms with E-state index in [-0.39, 0.29) is 6.04 Å². The molecular weight excluding hydrogens is 555 g/mol. The van der Waals surface area contributed by atoms with Crippen molar-refractivity contribution >= 4 is 65.0 Å². The molecule has 6 aromatic carbocycles. The van der Waals surface area contributed by atoms with Crippen molar-refractivity contribution in [1.82, 2.24) is 4.57 Å². The molecule has 0 radical (unpaired) electrons. The largest absolute Gasteiger partial charge is 0.325 e. The van der Waals surface area contributed by atoms with E-state index in [2.05, 4.69) is 151 Å². The van der Waals surface area contributed by atoms with Gasteiger partial charge in [0.05, 0.1) is 11.0 Å². The number of hydrogen-bond donors (Lipinski definition) is 1. The summed E-state index contributed by atoms with van der Waals surface area (Å²) in [6.07, 6.45) is 0. The third kappa shape index (κ3) is 3.91. The van der Waals surface area contributed by atoms with E-state index in [1.807, 2.05) is 11.3 Å². The lowest BCUT2D eigenvalue weighted by Crippen LogP contribution is -2.27. The van der Waals surface area contributed by atoms with Crippen molar-refractivity contribution in [2.45, 2.75) is 19.9 Å². The lowest BCUT2D eigenvalue weighted by molar-refractivity contribution is 0.848. The van der Waals surface area contributed by atoms with Crippen LogP contribution in [0.5, 0.6) is 0 Å². The van der Waals surface area contributed by atoms with E-state index in [1.165, 1.54) is 64.3 Å². The van der Waals surface area contributed by atoms with Gasteiger partial charge in [-0.2, -0.15) is 0 Å². The molecule has 0 bridgehead atoms. The highest BCUT2D eigenvalue weighted by Crippen LogP contribution is 2.40. The van der Waals surface area contributed by atoms with Gasteiger partial charge >= 0.3 is 0 Å². The third-order valence-corrected chi connectivity index (χ3v) is 10.1. The van der Waals surface area contributed by atoms with Gasteiger partial charge in [0.2, 0.25) is 5.96 Å². The van der Waals surface area contributed by atoms with Crippen LogP contribution in [0, 0.1) is 13.8 Å². The molecule has 0 spiro atoms. The van der Waals surface area contributed by atoms with Crippen LogP contribution in [0.1, 0.15) is 28.3 Å². The molecule has 0 saturated heterocycles. The first kappa shape index (κ1) is 25.3. The Bertz CT molecular complexity index is 2440. The lowest BCUT2D eigenvalue weighted by atomic mass is 9.94. The van der Waals surface area contributed by atoms with Gasteiger partial charge in [0.1, 0.15) is 6.04 Å². The maximum Gasteiger partial charge on any atom is 0.208 e. The van der Waals surface area contributed by atoms with Gasteiger partial charge in [-0.3, -0.25) is 4.57 Å². The number of aromatic nitrogens is 1. The van der Waals surface area contributed by atoms with Crippen molar-refractivity contribution in [1.29, 1.82) is 0 Å². The van der Waals surface area contributed by atoms with Crippen LogP contribution in [-0.2, 0) is 0 Å². The number of para-hydroxylation sites is 2.